The minimum atomic E-state index is 1.21. The number of hydrogen-bond donors (Lipinski definition) is 0. The molecular formula is C34H67N2+. The Morgan fingerprint density at radius 2 is 0.806 bits per heavy atom. The first-order valence-electron chi connectivity index (χ1n) is 16.8. The molecule has 2 heteroatoms. The largest absolute Gasteiger partial charge is 0.256 e. The summed E-state index contributed by atoms with van der Waals surface area (Å²) in [5.41, 5.74) is 0. The molecule has 1 rings (SSSR count). The highest BCUT2D eigenvalue weighted by Crippen LogP contribution is 2.14. The van der Waals surface area contributed by atoms with Gasteiger partial charge in [0.1, 0.15) is 12.4 Å². The zero-order chi connectivity index (χ0) is 25.9. The van der Waals surface area contributed by atoms with E-state index in [4.69, 9.17) is 0 Å². The van der Waals surface area contributed by atoms with E-state index in [0.29, 0.717) is 0 Å². The van der Waals surface area contributed by atoms with E-state index in [1.807, 2.05) is 0 Å². The molecule has 0 aliphatic heterocycles. The van der Waals surface area contributed by atoms with Crippen molar-refractivity contribution in [3.8, 4) is 0 Å². The lowest BCUT2D eigenvalue weighted by Crippen LogP contribution is -2.37. The predicted octanol–water partition coefficient (Wildman–Crippen LogP) is 11.0. The van der Waals surface area contributed by atoms with E-state index in [1.54, 1.807) is 0 Å². The molecule has 0 atom stereocenters. The molecule has 0 aliphatic rings. The summed E-state index contributed by atoms with van der Waals surface area (Å²) in [6.07, 6.45) is 43.2. The minimum Gasteiger partial charge on any atom is -0.237 e. The van der Waals surface area contributed by atoms with Gasteiger partial charge in [-0.15, -0.1) is 0 Å². The molecule has 0 bridgehead atoms. The van der Waals surface area contributed by atoms with Crippen LogP contribution in [0.2, 0.25) is 0 Å². The number of hydrogen-bond acceptors (Lipinski definition) is 0. The molecule has 36 heavy (non-hydrogen) atoms. The Balaban J connectivity index is 1.94. The maximum atomic E-state index is 2.54. The van der Waals surface area contributed by atoms with Gasteiger partial charge in [-0.05, 0) is 19.3 Å². The van der Waals surface area contributed by atoms with E-state index in [-0.39, 0.29) is 0 Å². The molecule has 1 heterocycles. The molecule has 212 valence electrons. The first kappa shape index (κ1) is 33.2. The van der Waals surface area contributed by atoms with Gasteiger partial charge in [0, 0.05) is 6.42 Å². The summed E-state index contributed by atoms with van der Waals surface area (Å²) < 4.78 is 4.90. The Kier molecular flexibility index (Phi) is 23.9. The van der Waals surface area contributed by atoms with Crippen LogP contribution in [0.1, 0.15) is 187 Å². The summed E-state index contributed by atoms with van der Waals surface area (Å²) in [5, 5.41) is 0. The molecule has 0 saturated carbocycles. The summed E-state index contributed by atoms with van der Waals surface area (Å²) in [4.78, 5) is 0. The quantitative estimate of drug-likeness (QED) is 0.0794. The number of aromatic nitrogens is 2. The van der Waals surface area contributed by atoms with Gasteiger partial charge in [-0.25, -0.2) is 9.13 Å². The number of nitrogens with zero attached hydrogens (tertiary/aromatic N) is 2. The van der Waals surface area contributed by atoms with Crippen LogP contribution in [0.3, 0.4) is 0 Å². The zero-order valence-corrected chi connectivity index (χ0v) is 25.3. The van der Waals surface area contributed by atoms with Crippen LogP contribution in [0.25, 0.3) is 0 Å². The third-order valence-corrected chi connectivity index (χ3v) is 8.22. The van der Waals surface area contributed by atoms with Crippen LogP contribution in [0.15, 0.2) is 12.4 Å². The lowest BCUT2D eigenvalue weighted by atomic mass is 10.0. The highest BCUT2D eigenvalue weighted by Gasteiger charge is 2.13. The molecule has 0 unspecified atom stereocenters. The molecule has 1 aromatic heterocycles. The Bertz CT molecular complexity index is 562. The van der Waals surface area contributed by atoms with Crippen molar-refractivity contribution in [2.45, 2.75) is 194 Å². The molecule has 0 spiro atoms. The summed E-state index contributed by atoms with van der Waals surface area (Å²) >= 11 is 0. The average molecular weight is 504 g/mol. The van der Waals surface area contributed by atoms with Crippen LogP contribution in [0, 0.1) is 0 Å². The van der Waals surface area contributed by atoms with Crippen molar-refractivity contribution in [3.63, 3.8) is 0 Å². The SMILES string of the molecule is CCCCCCCCCCCCCCCC[n+]1ccn(C)c1CCCCCCCCCCCCCC. The maximum absolute atomic E-state index is 2.54. The molecule has 1 aromatic rings. The van der Waals surface area contributed by atoms with Gasteiger partial charge in [-0.1, -0.05) is 162 Å². The van der Waals surface area contributed by atoms with Crippen LogP contribution >= 0.6 is 0 Å². The van der Waals surface area contributed by atoms with Crippen LogP contribution in [0.5, 0.6) is 0 Å². The van der Waals surface area contributed by atoms with Gasteiger partial charge in [0.05, 0.1) is 13.6 Å². The third-order valence-electron chi connectivity index (χ3n) is 8.22. The fourth-order valence-electron chi connectivity index (χ4n) is 5.68. The molecular weight excluding hydrogens is 436 g/mol. The Morgan fingerprint density at radius 1 is 0.472 bits per heavy atom. The van der Waals surface area contributed by atoms with Crippen molar-refractivity contribution in [3.05, 3.63) is 18.2 Å². The van der Waals surface area contributed by atoms with Gasteiger partial charge in [-0.2, -0.15) is 0 Å². The van der Waals surface area contributed by atoms with E-state index in [2.05, 4.69) is 42.4 Å². The van der Waals surface area contributed by atoms with Crippen molar-refractivity contribution in [1.29, 1.82) is 0 Å². The molecule has 0 radical (unpaired) electrons. The third kappa shape index (κ3) is 19.3. The Morgan fingerprint density at radius 3 is 1.19 bits per heavy atom. The molecule has 0 fully saturated rings. The lowest BCUT2D eigenvalue weighted by Gasteiger charge is -2.05. The second kappa shape index (κ2) is 25.8. The normalized spacial score (nSPS) is 11.5. The average Bonchev–Trinajstić information content (AvgIpc) is 3.23. The highest BCUT2D eigenvalue weighted by molar-refractivity contribution is 4.82. The van der Waals surface area contributed by atoms with Crippen molar-refractivity contribution >= 4 is 0 Å². The summed E-state index contributed by atoms with van der Waals surface area (Å²) in [5.74, 6) is 1.54. The minimum absolute atomic E-state index is 1.21. The number of aryl methyl sites for hydroxylation is 2. The fourth-order valence-corrected chi connectivity index (χ4v) is 5.68. The van der Waals surface area contributed by atoms with Gasteiger partial charge >= 0.3 is 0 Å². The fraction of sp³-hybridized carbons (Fsp3) is 0.912. The first-order chi connectivity index (χ1) is 17.8. The van der Waals surface area contributed by atoms with Crippen LogP contribution in [-0.4, -0.2) is 4.57 Å². The summed E-state index contributed by atoms with van der Waals surface area (Å²) in [6, 6.07) is 0. The molecule has 0 aromatic carbocycles. The Labute approximate surface area is 228 Å². The van der Waals surface area contributed by atoms with Crippen LogP contribution < -0.4 is 4.57 Å². The van der Waals surface area contributed by atoms with Gasteiger partial charge in [0.25, 0.3) is 5.82 Å². The molecule has 0 N–H and O–H groups in total. The van der Waals surface area contributed by atoms with Crippen LogP contribution in [0.4, 0.5) is 0 Å². The summed E-state index contributed by atoms with van der Waals surface area (Å²) in [7, 11) is 2.23. The van der Waals surface area contributed by atoms with E-state index in [9.17, 15) is 0 Å². The predicted molar refractivity (Wildman–Crippen MR) is 161 cm³/mol. The molecule has 2 nitrogen and oxygen atoms in total. The van der Waals surface area contributed by atoms with Crippen molar-refractivity contribution in [2.24, 2.45) is 7.05 Å². The smallest absolute Gasteiger partial charge is 0.237 e. The molecule has 0 saturated heterocycles. The van der Waals surface area contributed by atoms with E-state index >= 15 is 0 Å². The van der Waals surface area contributed by atoms with Crippen LogP contribution in [-0.2, 0) is 20.0 Å². The van der Waals surface area contributed by atoms with Crippen molar-refractivity contribution in [1.82, 2.24) is 4.57 Å². The molecule has 0 aliphatic carbocycles. The number of rotatable bonds is 28. The first-order valence-corrected chi connectivity index (χ1v) is 16.8. The second-order valence-electron chi connectivity index (χ2n) is 11.8. The maximum Gasteiger partial charge on any atom is 0.256 e. The van der Waals surface area contributed by atoms with E-state index < -0.39 is 0 Å². The number of unbranched alkanes of at least 4 members (excludes halogenated alkanes) is 24. The van der Waals surface area contributed by atoms with E-state index in [0.717, 1.165) is 0 Å². The standard InChI is InChI=1S/C34H67N2/c1-4-6-8-10-12-14-16-18-19-21-23-25-27-29-31-36-33-32-35(3)34(36)30-28-26-24-22-20-17-15-13-11-9-7-5-2/h32-33H,4-31H2,1-3H3/q+1. The topological polar surface area (TPSA) is 8.81 Å². The van der Waals surface area contributed by atoms with Crippen molar-refractivity contribution < 1.29 is 4.57 Å². The van der Waals surface area contributed by atoms with Gasteiger partial charge in [0.15, 0.2) is 0 Å². The van der Waals surface area contributed by atoms with E-state index in [1.165, 1.54) is 186 Å². The molecule has 0 amide bonds. The lowest BCUT2D eigenvalue weighted by molar-refractivity contribution is -0.704. The Hall–Kier alpha value is -0.790. The monoisotopic (exact) mass is 504 g/mol. The highest BCUT2D eigenvalue weighted by atomic mass is 15.1. The second-order valence-corrected chi connectivity index (χ2v) is 11.8. The van der Waals surface area contributed by atoms with Crippen molar-refractivity contribution in [2.75, 3.05) is 0 Å². The summed E-state index contributed by atoms with van der Waals surface area (Å²) in [6.45, 7) is 5.82. The van der Waals surface area contributed by atoms with Gasteiger partial charge in [-0.3, -0.25) is 0 Å². The van der Waals surface area contributed by atoms with Gasteiger partial charge < -0.3 is 0 Å². The van der Waals surface area contributed by atoms with Gasteiger partial charge in [0.2, 0.25) is 0 Å². The number of imidazole rings is 1. The zero-order valence-electron chi connectivity index (χ0n) is 25.3.